The van der Waals surface area contributed by atoms with E-state index in [9.17, 15) is 9.18 Å². The highest BCUT2D eigenvalue weighted by atomic mass is 19.2. The smallest absolute Gasteiger partial charge is 0.306 e. The average molecular weight is 362 g/mol. The third-order valence-corrected chi connectivity index (χ3v) is 4.35. The standard InChI is InChI=1S/C22H28F2O2/c1-8-26-20(25)10-9-19(23)22(24)18(11-13(2)3)21-16(6)14(4)12-15(5)17(21)7/h11-12H,2,8-10H2,1,3-7H3/b18-11-,22-19+. The molecular weight excluding hydrogens is 334 g/mol. The molecule has 0 aromatic heterocycles. The van der Waals surface area contributed by atoms with E-state index in [0.717, 1.165) is 22.3 Å². The molecule has 0 spiro atoms. The topological polar surface area (TPSA) is 26.3 Å². The van der Waals surface area contributed by atoms with Crippen molar-refractivity contribution in [1.29, 1.82) is 0 Å². The van der Waals surface area contributed by atoms with E-state index in [4.69, 9.17) is 4.74 Å². The van der Waals surface area contributed by atoms with Gasteiger partial charge in [0, 0.05) is 12.0 Å². The van der Waals surface area contributed by atoms with Crippen molar-refractivity contribution in [3.05, 3.63) is 63.8 Å². The number of carbonyl (C=O) groups is 1. The van der Waals surface area contributed by atoms with Crippen LogP contribution in [-0.2, 0) is 9.53 Å². The lowest BCUT2D eigenvalue weighted by atomic mass is 9.88. The van der Waals surface area contributed by atoms with Gasteiger partial charge in [-0.15, -0.1) is 0 Å². The number of carbonyl (C=O) groups excluding carboxylic acids is 1. The maximum atomic E-state index is 15.0. The normalized spacial score (nSPS) is 12.7. The number of aryl methyl sites for hydroxylation is 2. The molecule has 0 heterocycles. The first-order valence-electron chi connectivity index (χ1n) is 8.75. The first-order valence-corrected chi connectivity index (χ1v) is 8.75. The number of hydrogen-bond acceptors (Lipinski definition) is 2. The number of benzene rings is 1. The largest absolute Gasteiger partial charge is 0.466 e. The quantitative estimate of drug-likeness (QED) is 0.416. The van der Waals surface area contributed by atoms with Crippen LogP contribution < -0.4 is 0 Å². The monoisotopic (exact) mass is 362 g/mol. The molecule has 0 saturated carbocycles. The van der Waals surface area contributed by atoms with Crippen LogP contribution in [0.25, 0.3) is 5.57 Å². The molecule has 0 unspecified atom stereocenters. The Morgan fingerprint density at radius 1 is 1.12 bits per heavy atom. The number of esters is 1. The van der Waals surface area contributed by atoms with E-state index in [1.54, 1.807) is 19.9 Å². The van der Waals surface area contributed by atoms with Crippen LogP contribution in [0.1, 0.15) is 54.5 Å². The first kappa shape index (κ1) is 21.8. The second-order valence-electron chi connectivity index (χ2n) is 6.56. The summed E-state index contributed by atoms with van der Waals surface area (Å²) in [4.78, 5) is 11.4. The van der Waals surface area contributed by atoms with Gasteiger partial charge in [-0.3, -0.25) is 4.79 Å². The van der Waals surface area contributed by atoms with Crippen LogP contribution in [0, 0.1) is 27.7 Å². The molecule has 0 atom stereocenters. The fourth-order valence-corrected chi connectivity index (χ4v) is 2.81. The highest BCUT2D eigenvalue weighted by Crippen LogP contribution is 2.36. The molecule has 2 nitrogen and oxygen atoms in total. The van der Waals surface area contributed by atoms with Gasteiger partial charge in [0.1, 0.15) is 5.83 Å². The predicted octanol–water partition coefficient (Wildman–Crippen LogP) is 6.37. The number of hydrogen-bond donors (Lipinski definition) is 0. The van der Waals surface area contributed by atoms with Crippen molar-refractivity contribution in [1.82, 2.24) is 0 Å². The number of ether oxygens (including phenoxy) is 1. The van der Waals surface area contributed by atoms with Gasteiger partial charge in [-0.05, 0) is 75.4 Å². The second-order valence-corrected chi connectivity index (χ2v) is 6.56. The zero-order chi connectivity index (χ0) is 20.0. The molecule has 142 valence electrons. The molecule has 1 aromatic rings. The molecule has 0 amide bonds. The fraction of sp³-hybridized carbons (Fsp3) is 0.409. The third-order valence-electron chi connectivity index (χ3n) is 4.35. The van der Waals surface area contributed by atoms with Crippen LogP contribution >= 0.6 is 0 Å². The Hall–Kier alpha value is -2.23. The summed E-state index contributed by atoms with van der Waals surface area (Å²) in [6.07, 6.45) is 1.02. The minimum absolute atomic E-state index is 0.167. The summed E-state index contributed by atoms with van der Waals surface area (Å²) in [5, 5.41) is 0. The van der Waals surface area contributed by atoms with Crippen molar-refractivity contribution >= 4 is 11.5 Å². The van der Waals surface area contributed by atoms with Gasteiger partial charge in [0.05, 0.1) is 13.0 Å². The number of rotatable bonds is 7. The molecule has 0 saturated heterocycles. The second kappa shape index (κ2) is 9.46. The Kier molecular flexibility index (Phi) is 7.94. The van der Waals surface area contributed by atoms with Gasteiger partial charge in [0.25, 0.3) is 0 Å². The third kappa shape index (κ3) is 5.38. The van der Waals surface area contributed by atoms with Crippen LogP contribution in [0.3, 0.4) is 0 Å². The molecule has 0 aliphatic carbocycles. The van der Waals surface area contributed by atoms with Crippen LogP contribution in [0.2, 0.25) is 0 Å². The SMILES string of the molecule is C=C(C)/C=C(\C(F)=C(/F)CCC(=O)OCC)c1c(C)c(C)cc(C)c1C. The van der Waals surface area contributed by atoms with Crippen molar-refractivity contribution in [2.24, 2.45) is 0 Å². The molecule has 0 fully saturated rings. The molecule has 0 aliphatic heterocycles. The Morgan fingerprint density at radius 3 is 2.12 bits per heavy atom. The van der Waals surface area contributed by atoms with Crippen LogP contribution in [0.15, 0.2) is 35.9 Å². The lowest BCUT2D eigenvalue weighted by Gasteiger charge is -2.18. The Bertz CT molecular complexity index is 745. The van der Waals surface area contributed by atoms with E-state index in [1.807, 2.05) is 33.8 Å². The fourth-order valence-electron chi connectivity index (χ4n) is 2.81. The molecule has 0 aliphatic rings. The molecule has 0 bridgehead atoms. The lowest BCUT2D eigenvalue weighted by molar-refractivity contribution is -0.143. The molecule has 4 heteroatoms. The van der Waals surface area contributed by atoms with Gasteiger partial charge in [-0.1, -0.05) is 18.2 Å². The zero-order valence-corrected chi connectivity index (χ0v) is 16.6. The predicted molar refractivity (Wildman–Crippen MR) is 103 cm³/mol. The Morgan fingerprint density at radius 2 is 1.65 bits per heavy atom. The Labute approximate surface area is 155 Å². The van der Waals surface area contributed by atoms with Gasteiger partial charge in [-0.2, -0.15) is 0 Å². The Balaban J connectivity index is 3.43. The lowest BCUT2D eigenvalue weighted by Crippen LogP contribution is -2.04. The van der Waals surface area contributed by atoms with Crippen molar-refractivity contribution in [3.8, 4) is 0 Å². The minimum Gasteiger partial charge on any atom is -0.466 e. The summed E-state index contributed by atoms with van der Waals surface area (Å²) in [5.41, 5.74) is 5.27. The van der Waals surface area contributed by atoms with Crippen LogP contribution in [-0.4, -0.2) is 12.6 Å². The summed E-state index contributed by atoms with van der Waals surface area (Å²) in [7, 11) is 0. The van der Waals surface area contributed by atoms with Crippen molar-refractivity contribution in [2.75, 3.05) is 6.61 Å². The number of halogens is 2. The highest BCUT2D eigenvalue weighted by molar-refractivity contribution is 5.83. The highest BCUT2D eigenvalue weighted by Gasteiger charge is 2.20. The molecule has 26 heavy (non-hydrogen) atoms. The number of allylic oxidation sites excluding steroid dienone is 5. The first-order chi connectivity index (χ1) is 12.1. The van der Waals surface area contributed by atoms with Crippen molar-refractivity contribution in [2.45, 2.75) is 54.4 Å². The van der Waals surface area contributed by atoms with Gasteiger partial charge < -0.3 is 4.74 Å². The average Bonchev–Trinajstić information content (AvgIpc) is 2.56. The van der Waals surface area contributed by atoms with Gasteiger partial charge in [0.15, 0.2) is 5.83 Å². The van der Waals surface area contributed by atoms with E-state index < -0.39 is 17.6 Å². The molecule has 1 rings (SSSR count). The van der Waals surface area contributed by atoms with Crippen LogP contribution in [0.5, 0.6) is 0 Å². The van der Waals surface area contributed by atoms with E-state index in [0.29, 0.717) is 11.1 Å². The van der Waals surface area contributed by atoms with E-state index in [2.05, 4.69) is 6.58 Å². The van der Waals surface area contributed by atoms with E-state index in [1.165, 1.54) is 0 Å². The zero-order valence-electron chi connectivity index (χ0n) is 16.6. The molecule has 1 aromatic carbocycles. The summed E-state index contributed by atoms with van der Waals surface area (Å²) in [6, 6.07) is 2.03. The van der Waals surface area contributed by atoms with Gasteiger partial charge >= 0.3 is 5.97 Å². The van der Waals surface area contributed by atoms with E-state index in [-0.39, 0.29) is 25.0 Å². The molecule has 0 radical (unpaired) electrons. The maximum Gasteiger partial charge on any atom is 0.306 e. The maximum absolute atomic E-state index is 15.0. The van der Waals surface area contributed by atoms with Gasteiger partial charge in [-0.25, -0.2) is 8.78 Å². The van der Waals surface area contributed by atoms with Gasteiger partial charge in [0.2, 0.25) is 0 Å². The minimum atomic E-state index is -0.955. The molecule has 0 N–H and O–H groups in total. The summed E-state index contributed by atoms with van der Waals surface area (Å²) in [5.74, 6) is -2.45. The van der Waals surface area contributed by atoms with E-state index >= 15 is 4.39 Å². The summed E-state index contributed by atoms with van der Waals surface area (Å²) < 4.78 is 34.3. The van der Waals surface area contributed by atoms with Crippen molar-refractivity contribution in [3.63, 3.8) is 0 Å². The molecular formula is C22H28F2O2. The van der Waals surface area contributed by atoms with Crippen LogP contribution in [0.4, 0.5) is 8.78 Å². The summed E-state index contributed by atoms with van der Waals surface area (Å²) in [6.45, 7) is 15.1. The summed E-state index contributed by atoms with van der Waals surface area (Å²) >= 11 is 0. The van der Waals surface area contributed by atoms with Crippen molar-refractivity contribution < 1.29 is 18.3 Å².